The first-order valence-electron chi connectivity index (χ1n) is 14.5. The van der Waals surface area contributed by atoms with Crippen LogP contribution in [0.25, 0.3) is 0 Å². The van der Waals surface area contributed by atoms with Gasteiger partial charge in [0.25, 0.3) is 0 Å². The summed E-state index contributed by atoms with van der Waals surface area (Å²) in [6.07, 6.45) is 23.1. The van der Waals surface area contributed by atoms with Crippen molar-refractivity contribution in [1.82, 2.24) is 5.48 Å². The number of carbonyl (C=O) groups excluding carboxylic acids is 1. The van der Waals surface area contributed by atoms with E-state index in [2.05, 4.69) is 19.3 Å². The summed E-state index contributed by atoms with van der Waals surface area (Å²) in [7, 11) is -3.16. The fraction of sp³-hybridized carbons (Fsp3) is 0.963. The quantitative estimate of drug-likeness (QED) is 0.120. The summed E-state index contributed by atoms with van der Waals surface area (Å²) in [5, 5.41) is 0.276. The van der Waals surface area contributed by atoms with Gasteiger partial charge in [-0.15, -0.1) is 0 Å². The molecule has 0 aromatic carbocycles. The molecule has 34 heavy (non-hydrogen) atoms. The van der Waals surface area contributed by atoms with Gasteiger partial charge in [-0.3, -0.25) is 9.32 Å². The van der Waals surface area contributed by atoms with Crippen LogP contribution < -0.4 is 5.48 Å². The Hall–Kier alpha value is 0.0769. The number of rotatable bonds is 21. The summed E-state index contributed by atoms with van der Waals surface area (Å²) < 4.78 is 11.5. The number of thioether (sulfide) groups is 1. The van der Waals surface area contributed by atoms with E-state index >= 15 is 0 Å². The van der Waals surface area contributed by atoms with Gasteiger partial charge in [0.05, 0.1) is 0 Å². The fourth-order valence-corrected chi connectivity index (χ4v) is 7.24. The first-order valence-corrected chi connectivity index (χ1v) is 17.5. The topological polar surface area (TPSA) is 67.8 Å². The molecule has 1 aliphatic rings. The first-order chi connectivity index (χ1) is 16.6. The molecule has 1 rings (SSSR count). The predicted octanol–water partition coefficient (Wildman–Crippen LogP) is 7.80. The van der Waals surface area contributed by atoms with Gasteiger partial charge in [0.15, 0.2) is 5.12 Å². The van der Waals surface area contributed by atoms with Crippen molar-refractivity contribution in [3.63, 3.8) is 0 Å². The Morgan fingerprint density at radius 2 is 1.47 bits per heavy atom. The van der Waals surface area contributed by atoms with Crippen LogP contribution in [0.1, 0.15) is 136 Å². The fourth-order valence-electron chi connectivity index (χ4n) is 4.51. The lowest BCUT2D eigenvalue weighted by atomic mass is 9.97. The molecule has 1 aliphatic heterocycles. The molecule has 202 valence electrons. The van der Waals surface area contributed by atoms with Crippen molar-refractivity contribution in [2.45, 2.75) is 142 Å². The maximum Gasteiger partial charge on any atom is 0.515 e. The molecule has 2 atom stereocenters. The Bertz CT molecular complexity index is 474. The molecule has 0 bridgehead atoms. The molecule has 0 saturated carbocycles. The molecule has 0 radical (unpaired) electrons. The SMILES string of the molecule is CCCCCCCCCCCCC1CCO[Si](O)(CCCSC(=O)CCCCCCC)ONC1. The highest BCUT2D eigenvalue weighted by Gasteiger charge is 2.38. The number of unbranched alkanes of at least 4 members (excludes halogenated alkanes) is 13. The molecule has 0 aromatic rings. The number of hydroxylamine groups is 1. The molecular formula is C27H55NO4SSi. The molecule has 2 unspecified atom stereocenters. The largest absolute Gasteiger partial charge is 0.515 e. The Balaban J connectivity index is 2.02. The van der Waals surface area contributed by atoms with Crippen LogP contribution in [-0.2, 0) is 13.7 Å². The minimum absolute atomic E-state index is 0.276. The van der Waals surface area contributed by atoms with Crippen molar-refractivity contribution < 1.29 is 18.5 Å². The van der Waals surface area contributed by atoms with Crippen molar-refractivity contribution in [2.75, 3.05) is 18.9 Å². The molecule has 0 aliphatic carbocycles. The van der Waals surface area contributed by atoms with Crippen LogP contribution in [0.3, 0.4) is 0 Å². The van der Waals surface area contributed by atoms with Crippen LogP contribution in [-0.4, -0.2) is 37.6 Å². The summed E-state index contributed by atoms with van der Waals surface area (Å²) in [5.74, 6) is 1.29. The maximum absolute atomic E-state index is 12.0. The van der Waals surface area contributed by atoms with Crippen LogP contribution in [0.5, 0.6) is 0 Å². The van der Waals surface area contributed by atoms with E-state index in [0.29, 0.717) is 25.0 Å². The summed E-state index contributed by atoms with van der Waals surface area (Å²) in [6.45, 7) is 5.85. The van der Waals surface area contributed by atoms with E-state index in [1.165, 1.54) is 102 Å². The summed E-state index contributed by atoms with van der Waals surface area (Å²) in [6, 6.07) is 0.514. The van der Waals surface area contributed by atoms with E-state index < -0.39 is 8.80 Å². The van der Waals surface area contributed by atoms with Crippen LogP contribution in [0, 0.1) is 5.92 Å². The number of hydrogen-bond acceptors (Lipinski definition) is 6. The van der Waals surface area contributed by atoms with E-state index in [1.807, 2.05) is 0 Å². The van der Waals surface area contributed by atoms with Crippen molar-refractivity contribution in [2.24, 2.45) is 5.92 Å². The van der Waals surface area contributed by atoms with Gasteiger partial charge in [-0.05, 0) is 31.6 Å². The smallest absolute Gasteiger partial charge is 0.389 e. The highest BCUT2D eigenvalue weighted by atomic mass is 32.2. The second kappa shape index (κ2) is 22.3. The zero-order chi connectivity index (χ0) is 24.7. The average molecular weight is 518 g/mol. The van der Waals surface area contributed by atoms with E-state index in [1.54, 1.807) is 0 Å². The molecular weight excluding hydrogens is 462 g/mol. The second-order valence-corrected chi connectivity index (χ2v) is 13.7. The molecule has 0 aromatic heterocycles. The minimum atomic E-state index is -3.16. The molecule has 2 N–H and O–H groups in total. The summed E-state index contributed by atoms with van der Waals surface area (Å²) in [4.78, 5) is 22.7. The lowest BCUT2D eigenvalue weighted by molar-refractivity contribution is -0.111. The van der Waals surface area contributed by atoms with E-state index in [4.69, 9.17) is 8.95 Å². The average Bonchev–Trinajstić information content (AvgIpc) is 2.81. The molecule has 0 spiro atoms. The number of carbonyl (C=O) groups is 1. The van der Waals surface area contributed by atoms with Crippen LogP contribution >= 0.6 is 11.8 Å². The molecule has 1 saturated heterocycles. The van der Waals surface area contributed by atoms with Gasteiger partial charge in [-0.1, -0.05) is 116 Å². The molecule has 7 heteroatoms. The Kier molecular flexibility index (Phi) is 21.0. The van der Waals surface area contributed by atoms with Crippen molar-refractivity contribution >= 4 is 25.7 Å². The summed E-state index contributed by atoms with van der Waals surface area (Å²) in [5.41, 5.74) is 3.02. The molecule has 1 heterocycles. The highest BCUT2D eigenvalue weighted by Crippen LogP contribution is 2.22. The van der Waals surface area contributed by atoms with E-state index in [-0.39, 0.29) is 5.12 Å². The number of hydrogen-bond donors (Lipinski definition) is 2. The zero-order valence-corrected chi connectivity index (χ0v) is 24.2. The van der Waals surface area contributed by atoms with Gasteiger partial charge in [0, 0.05) is 31.4 Å². The maximum atomic E-state index is 12.0. The van der Waals surface area contributed by atoms with Crippen molar-refractivity contribution in [3.8, 4) is 0 Å². The number of nitrogens with one attached hydrogen (secondary N) is 1. The van der Waals surface area contributed by atoms with Crippen molar-refractivity contribution in [3.05, 3.63) is 0 Å². The predicted molar refractivity (Wildman–Crippen MR) is 148 cm³/mol. The van der Waals surface area contributed by atoms with Gasteiger partial charge < -0.3 is 9.22 Å². The van der Waals surface area contributed by atoms with Gasteiger partial charge >= 0.3 is 8.80 Å². The Labute approximate surface area is 216 Å². The van der Waals surface area contributed by atoms with Crippen LogP contribution in [0.4, 0.5) is 0 Å². The van der Waals surface area contributed by atoms with Gasteiger partial charge in [0.2, 0.25) is 0 Å². The van der Waals surface area contributed by atoms with Crippen LogP contribution in [0.2, 0.25) is 6.04 Å². The third kappa shape index (κ3) is 18.4. The molecule has 1 fully saturated rings. The summed E-state index contributed by atoms with van der Waals surface area (Å²) >= 11 is 1.40. The lowest BCUT2D eigenvalue weighted by Gasteiger charge is -2.29. The first kappa shape index (κ1) is 32.1. The third-order valence-electron chi connectivity index (χ3n) is 6.81. The van der Waals surface area contributed by atoms with Gasteiger partial charge in [-0.25, -0.2) is 5.48 Å². The van der Waals surface area contributed by atoms with Gasteiger partial charge in [-0.2, -0.15) is 0 Å². The normalized spacial score (nSPS) is 21.3. The standard InChI is InChI=1S/C27H55NO4SSi/c1-3-5-7-9-10-11-12-13-15-16-19-26-21-22-31-34(30,32-28-25-26)24-18-23-33-27(29)20-17-14-8-6-4-2/h26,28,30H,3-25H2,1-2H3. The van der Waals surface area contributed by atoms with Crippen LogP contribution in [0.15, 0.2) is 0 Å². The Morgan fingerprint density at radius 1 is 0.882 bits per heavy atom. The second-order valence-electron chi connectivity index (χ2n) is 10.1. The highest BCUT2D eigenvalue weighted by molar-refractivity contribution is 8.13. The van der Waals surface area contributed by atoms with Crippen molar-refractivity contribution in [1.29, 1.82) is 0 Å². The molecule has 5 nitrogen and oxygen atoms in total. The zero-order valence-electron chi connectivity index (χ0n) is 22.4. The Morgan fingerprint density at radius 3 is 2.12 bits per heavy atom. The minimum Gasteiger partial charge on any atom is -0.389 e. The van der Waals surface area contributed by atoms with Gasteiger partial charge in [0.1, 0.15) is 0 Å². The lowest BCUT2D eigenvalue weighted by Crippen LogP contribution is -2.49. The monoisotopic (exact) mass is 517 g/mol. The van der Waals surface area contributed by atoms with E-state index in [9.17, 15) is 9.59 Å². The molecule has 0 amide bonds. The third-order valence-corrected chi connectivity index (χ3v) is 9.93. The van der Waals surface area contributed by atoms with E-state index in [0.717, 1.165) is 38.0 Å².